The first-order chi connectivity index (χ1) is 8.40. The summed E-state index contributed by atoms with van der Waals surface area (Å²) in [6.45, 7) is 1.22. The summed E-state index contributed by atoms with van der Waals surface area (Å²) in [4.78, 5) is 23.1. The SMILES string of the molecule is CCOC(=O)C(F)(F)C(=O)C1(OC)CCCCC1. The van der Waals surface area contributed by atoms with E-state index in [0.717, 1.165) is 6.42 Å². The number of methoxy groups -OCH3 is 1. The highest BCUT2D eigenvalue weighted by molar-refractivity contribution is 6.09. The van der Waals surface area contributed by atoms with Gasteiger partial charge in [-0.1, -0.05) is 19.3 Å². The molecule has 6 heteroatoms. The minimum absolute atomic E-state index is 0.193. The molecule has 0 aromatic rings. The normalized spacial score (nSPS) is 19.3. The summed E-state index contributed by atoms with van der Waals surface area (Å²) in [5.74, 6) is -7.41. The van der Waals surface area contributed by atoms with E-state index in [4.69, 9.17) is 4.74 Å². The molecule has 1 aliphatic carbocycles. The van der Waals surface area contributed by atoms with Gasteiger partial charge in [0.25, 0.3) is 0 Å². The number of carbonyl (C=O) groups excluding carboxylic acids is 2. The van der Waals surface area contributed by atoms with Crippen molar-refractivity contribution in [2.24, 2.45) is 0 Å². The van der Waals surface area contributed by atoms with Gasteiger partial charge in [0.2, 0.25) is 5.78 Å². The van der Waals surface area contributed by atoms with Gasteiger partial charge in [0.1, 0.15) is 5.60 Å². The number of esters is 1. The van der Waals surface area contributed by atoms with Crippen LogP contribution in [0.2, 0.25) is 0 Å². The summed E-state index contributed by atoms with van der Waals surface area (Å²) in [5.41, 5.74) is -1.55. The number of hydrogen-bond donors (Lipinski definition) is 0. The Morgan fingerprint density at radius 1 is 1.22 bits per heavy atom. The van der Waals surface area contributed by atoms with Gasteiger partial charge in [-0.15, -0.1) is 0 Å². The van der Waals surface area contributed by atoms with E-state index in [0.29, 0.717) is 12.8 Å². The molecule has 1 aliphatic rings. The van der Waals surface area contributed by atoms with Crippen LogP contribution in [0.5, 0.6) is 0 Å². The third-order valence-corrected chi connectivity index (χ3v) is 3.28. The fourth-order valence-corrected chi connectivity index (χ4v) is 2.25. The Kier molecular flexibility index (Phi) is 4.78. The molecule has 0 aromatic carbocycles. The number of Topliss-reactive ketones (excluding diaryl/α,β-unsaturated/α-hetero) is 1. The lowest BCUT2D eigenvalue weighted by Gasteiger charge is -2.35. The predicted molar refractivity (Wildman–Crippen MR) is 59.4 cm³/mol. The lowest BCUT2D eigenvalue weighted by atomic mass is 9.79. The zero-order valence-corrected chi connectivity index (χ0v) is 10.6. The Morgan fingerprint density at radius 3 is 2.22 bits per heavy atom. The summed E-state index contributed by atoms with van der Waals surface area (Å²) in [7, 11) is 1.23. The van der Waals surface area contributed by atoms with Crippen molar-refractivity contribution in [3.05, 3.63) is 0 Å². The number of alkyl halides is 2. The van der Waals surface area contributed by atoms with E-state index in [1.165, 1.54) is 14.0 Å². The molecule has 0 unspecified atom stereocenters. The van der Waals surface area contributed by atoms with E-state index < -0.39 is 23.3 Å². The molecule has 0 bridgehead atoms. The van der Waals surface area contributed by atoms with E-state index >= 15 is 0 Å². The molecule has 18 heavy (non-hydrogen) atoms. The Labute approximate surface area is 105 Å². The second-order valence-corrected chi connectivity index (χ2v) is 4.38. The second-order valence-electron chi connectivity index (χ2n) is 4.38. The van der Waals surface area contributed by atoms with E-state index in [1.807, 2.05) is 0 Å². The van der Waals surface area contributed by atoms with E-state index in [9.17, 15) is 18.4 Å². The van der Waals surface area contributed by atoms with Crippen LogP contribution in [-0.2, 0) is 19.1 Å². The van der Waals surface area contributed by atoms with Gasteiger partial charge in [0.05, 0.1) is 6.61 Å². The molecule has 0 radical (unpaired) electrons. The highest BCUT2D eigenvalue weighted by atomic mass is 19.3. The van der Waals surface area contributed by atoms with Crippen molar-refractivity contribution in [1.82, 2.24) is 0 Å². The van der Waals surface area contributed by atoms with Crippen molar-refractivity contribution in [1.29, 1.82) is 0 Å². The number of rotatable bonds is 5. The van der Waals surface area contributed by atoms with E-state index in [-0.39, 0.29) is 19.4 Å². The van der Waals surface area contributed by atoms with Gasteiger partial charge in [-0.25, -0.2) is 4.79 Å². The summed E-state index contributed by atoms with van der Waals surface area (Å²) in [6.07, 6.45) is 2.59. The zero-order chi connectivity index (χ0) is 13.8. The molecule has 0 atom stereocenters. The smallest absolute Gasteiger partial charge is 0.402 e. The number of ether oxygens (including phenoxy) is 2. The largest absolute Gasteiger partial charge is 0.461 e. The molecule has 0 N–H and O–H groups in total. The number of halogens is 2. The first-order valence-electron chi connectivity index (χ1n) is 6.06. The minimum atomic E-state index is -4.14. The lowest BCUT2D eigenvalue weighted by molar-refractivity contribution is -0.188. The summed E-state index contributed by atoms with van der Waals surface area (Å²) in [6, 6.07) is 0. The lowest BCUT2D eigenvalue weighted by Crippen LogP contribution is -2.54. The highest BCUT2D eigenvalue weighted by Crippen LogP contribution is 2.37. The first-order valence-corrected chi connectivity index (χ1v) is 6.06. The maximum absolute atomic E-state index is 13.7. The molecular weight excluding hydrogens is 246 g/mol. The molecule has 0 heterocycles. The van der Waals surface area contributed by atoms with Crippen molar-refractivity contribution >= 4 is 11.8 Å². The standard InChI is InChI=1S/C12H18F2O4/c1-3-18-10(16)12(13,14)9(15)11(17-2)7-5-4-6-8-11/h3-8H2,1-2H3. The third kappa shape index (κ3) is 2.68. The van der Waals surface area contributed by atoms with Crippen LogP contribution in [0.25, 0.3) is 0 Å². The third-order valence-electron chi connectivity index (χ3n) is 3.28. The van der Waals surface area contributed by atoms with Crippen LogP contribution in [-0.4, -0.2) is 37.0 Å². The van der Waals surface area contributed by atoms with Gasteiger partial charge in [-0.05, 0) is 19.8 Å². The fourth-order valence-electron chi connectivity index (χ4n) is 2.25. The zero-order valence-electron chi connectivity index (χ0n) is 10.6. The van der Waals surface area contributed by atoms with Crippen molar-refractivity contribution in [2.75, 3.05) is 13.7 Å². The van der Waals surface area contributed by atoms with Gasteiger partial charge in [0, 0.05) is 7.11 Å². The van der Waals surface area contributed by atoms with Crippen LogP contribution in [0.15, 0.2) is 0 Å². The Bertz CT molecular complexity index is 322. The monoisotopic (exact) mass is 264 g/mol. The van der Waals surface area contributed by atoms with Gasteiger partial charge in [-0.2, -0.15) is 8.78 Å². The average Bonchev–Trinajstić information content (AvgIpc) is 2.38. The predicted octanol–water partition coefficient (Wildman–Crippen LogP) is 2.10. The van der Waals surface area contributed by atoms with Crippen LogP contribution in [0.3, 0.4) is 0 Å². The van der Waals surface area contributed by atoms with Crippen LogP contribution in [0, 0.1) is 0 Å². The molecule has 4 nitrogen and oxygen atoms in total. The van der Waals surface area contributed by atoms with Crippen molar-refractivity contribution in [2.45, 2.75) is 50.6 Å². The van der Waals surface area contributed by atoms with Crippen molar-refractivity contribution in [3.8, 4) is 0 Å². The van der Waals surface area contributed by atoms with Crippen LogP contribution in [0.1, 0.15) is 39.0 Å². The molecule has 0 spiro atoms. The Hall–Kier alpha value is -1.04. The van der Waals surface area contributed by atoms with Crippen molar-refractivity contribution < 1.29 is 27.8 Å². The molecule has 0 aliphatic heterocycles. The molecule has 1 fully saturated rings. The fraction of sp³-hybridized carbons (Fsp3) is 0.833. The maximum atomic E-state index is 13.7. The topological polar surface area (TPSA) is 52.6 Å². The van der Waals surface area contributed by atoms with Crippen LogP contribution < -0.4 is 0 Å². The molecule has 1 saturated carbocycles. The molecule has 0 amide bonds. The van der Waals surface area contributed by atoms with E-state index in [1.54, 1.807) is 0 Å². The van der Waals surface area contributed by atoms with E-state index in [2.05, 4.69) is 4.74 Å². The van der Waals surface area contributed by atoms with Gasteiger partial charge < -0.3 is 9.47 Å². The van der Waals surface area contributed by atoms with Gasteiger partial charge >= 0.3 is 11.9 Å². The number of hydrogen-bond acceptors (Lipinski definition) is 4. The Morgan fingerprint density at radius 2 is 1.78 bits per heavy atom. The van der Waals surface area contributed by atoms with Gasteiger partial charge in [-0.3, -0.25) is 4.79 Å². The molecule has 104 valence electrons. The first kappa shape index (κ1) is 15.0. The summed E-state index contributed by atoms with van der Waals surface area (Å²) >= 11 is 0. The second kappa shape index (κ2) is 5.73. The van der Waals surface area contributed by atoms with Crippen molar-refractivity contribution in [3.63, 3.8) is 0 Å². The minimum Gasteiger partial charge on any atom is -0.461 e. The van der Waals surface area contributed by atoms with Crippen LogP contribution >= 0.6 is 0 Å². The quantitative estimate of drug-likeness (QED) is 0.563. The molecule has 0 saturated heterocycles. The number of ketones is 1. The summed E-state index contributed by atoms with van der Waals surface area (Å²) < 4.78 is 36.7. The number of carbonyl (C=O) groups is 2. The molecular formula is C12H18F2O4. The highest BCUT2D eigenvalue weighted by Gasteiger charge is 2.58. The molecule has 1 rings (SSSR count). The summed E-state index contributed by atoms with van der Waals surface area (Å²) in [5, 5.41) is 0. The van der Waals surface area contributed by atoms with Gasteiger partial charge in [0.15, 0.2) is 0 Å². The van der Waals surface area contributed by atoms with Crippen LogP contribution in [0.4, 0.5) is 8.78 Å². The average molecular weight is 264 g/mol. The molecule has 0 aromatic heterocycles. The maximum Gasteiger partial charge on any atom is 0.402 e. The Balaban J connectivity index is 2.92.